The Kier molecular flexibility index (Phi) is 6.11. The van der Waals surface area contributed by atoms with Crippen molar-refractivity contribution in [1.29, 1.82) is 0 Å². The van der Waals surface area contributed by atoms with Gasteiger partial charge in [-0.1, -0.05) is 0 Å². The Hall–Kier alpha value is -0.610. The SMILES string of the molecule is O=CO.OC1C[14CH2]N[14CH2]C1. The molecule has 0 aromatic carbocycles. The lowest BCUT2D eigenvalue weighted by atomic mass is 10.3. The summed E-state index contributed by atoms with van der Waals surface area (Å²) in [6, 6.07) is 0. The summed E-state index contributed by atoms with van der Waals surface area (Å²) in [6.07, 6.45) is 1.83. The molecule has 0 radical (unpaired) electrons. The number of aliphatic hydroxyl groups is 1. The molecule has 0 bridgehead atoms. The number of piperidine rings is 1. The third-order valence-electron chi connectivity index (χ3n) is 1.31. The predicted octanol–water partition coefficient (Wildman–Crippen LogP) is -0.569. The molecule has 3 N–H and O–H groups in total. The van der Waals surface area contributed by atoms with Crippen molar-refractivity contribution in [2.75, 3.05) is 13.1 Å². The zero-order valence-electron chi connectivity index (χ0n) is 5.79. The Morgan fingerprint density at radius 3 is 2.10 bits per heavy atom. The number of nitrogens with one attached hydrogen (secondary N) is 1. The number of hydrogen-bond donors (Lipinski definition) is 3. The van der Waals surface area contributed by atoms with Crippen LogP contribution in [0.15, 0.2) is 0 Å². The van der Waals surface area contributed by atoms with Gasteiger partial charge >= 0.3 is 0 Å². The lowest BCUT2D eigenvalue weighted by Crippen LogP contribution is -2.30. The van der Waals surface area contributed by atoms with E-state index >= 15 is 0 Å². The summed E-state index contributed by atoms with van der Waals surface area (Å²) in [7, 11) is 0. The molecule has 1 saturated heterocycles. The van der Waals surface area contributed by atoms with E-state index in [9.17, 15) is 0 Å². The van der Waals surface area contributed by atoms with Crippen molar-refractivity contribution < 1.29 is 15.0 Å². The van der Waals surface area contributed by atoms with Crippen LogP contribution in [0.4, 0.5) is 0 Å². The first kappa shape index (κ1) is 9.39. The Labute approximate surface area is 59.9 Å². The summed E-state index contributed by atoms with van der Waals surface area (Å²) in [5.74, 6) is 0. The fourth-order valence-corrected chi connectivity index (χ4v) is 0.807. The second-order valence-corrected chi connectivity index (χ2v) is 2.09. The maximum absolute atomic E-state index is 8.87. The highest BCUT2D eigenvalue weighted by atomic mass is 16.3. The smallest absolute Gasteiger partial charge is 0.290 e. The van der Waals surface area contributed by atoms with Crippen molar-refractivity contribution in [2.45, 2.75) is 18.9 Å². The highest BCUT2D eigenvalue weighted by Gasteiger charge is 2.06. The largest absolute Gasteiger partial charge is 0.483 e. The first-order valence-corrected chi connectivity index (χ1v) is 3.28. The van der Waals surface area contributed by atoms with Gasteiger partial charge in [-0.25, -0.2) is 0 Å². The molecule has 1 aliphatic rings. The van der Waals surface area contributed by atoms with Crippen LogP contribution >= 0.6 is 0 Å². The molecule has 0 unspecified atom stereocenters. The topological polar surface area (TPSA) is 69.6 Å². The quantitative estimate of drug-likeness (QED) is 0.405. The molecule has 1 fully saturated rings. The predicted molar refractivity (Wildman–Crippen MR) is 36.8 cm³/mol. The lowest BCUT2D eigenvalue weighted by molar-refractivity contribution is -0.122. The number of aliphatic hydroxyl groups excluding tert-OH is 1. The second-order valence-electron chi connectivity index (χ2n) is 2.09. The molecule has 0 amide bonds. The number of carboxylic acid groups (broad SMARTS) is 1. The molecule has 1 heterocycles. The van der Waals surface area contributed by atoms with Gasteiger partial charge in [0.05, 0.1) is 6.10 Å². The standard InChI is InChI=1S/C5H11NO.CH2O2/c7-5-1-3-6-4-2-5;2-1-3/h5-7H,1-4H2;1H,(H,2,3)/i3+2,4+2;. The van der Waals surface area contributed by atoms with Gasteiger partial charge in [-0.2, -0.15) is 0 Å². The highest BCUT2D eigenvalue weighted by molar-refractivity contribution is 5.32. The summed E-state index contributed by atoms with van der Waals surface area (Å²) < 4.78 is 0. The first-order chi connectivity index (χ1) is 4.81. The zero-order chi connectivity index (χ0) is 7.82. The van der Waals surface area contributed by atoms with Crippen LogP contribution in [0.1, 0.15) is 12.8 Å². The van der Waals surface area contributed by atoms with E-state index in [-0.39, 0.29) is 12.6 Å². The Balaban J connectivity index is 0.000000236. The minimum absolute atomic E-state index is 0.0266. The lowest BCUT2D eigenvalue weighted by Gasteiger charge is -2.16. The number of carbonyl (C=O) groups is 1. The molecule has 4 heteroatoms. The Morgan fingerprint density at radius 2 is 1.90 bits per heavy atom. The minimum atomic E-state index is -0.250. The zero-order valence-corrected chi connectivity index (χ0v) is 5.79. The van der Waals surface area contributed by atoms with Crippen molar-refractivity contribution in [3.8, 4) is 0 Å². The van der Waals surface area contributed by atoms with E-state index in [2.05, 4.69) is 5.32 Å². The van der Waals surface area contributed by atoms with Crippen LogP contribution < -0.4 is 5.32 Å². The van der Waals surface area contributed by atoms with Crippen molar-refractivity contribution in [3.05, 3.63) is 0 Å². The van der Waals surface area contributed by atoms with Crippen molar-refractivity contribution >= 4 is 6.47 Å². The highest BCUT2D eigenvalue weighted by Crippen LogP contribution is 1.99. The number of hydrogen-bond acceptors (Lipinski definition) is 3. The van der Waals surface area contributed by atoms with Crippen LogP contribution in [0, 0.1) is 0 Å². The van der Waals surface area contributed by atoms with Crippen LogP contribution in [0.2, 0.25) is 0 Å². The molecule has 4 nitrogen and oxygen atoms in total. The van der Waals surface area contributed by atoms with Gasteiger partial charge in [-0.05, 0) is 25.9 Å². The first-order valence-electron chi connectivity index (χ1n) is 3.28. The van der Waals surface area contributed by atoms with Gasteiger partial charge in [0.15, 0.2) is 0 Å². The molecule has 0 atom stereocenters. The molecule has 60 valence electrons. The van der Waals surface area contributed by atoms with Crippen molar-refractivity contribution in [2.24, 2.45) is 0 Å². The van der Waals surface area contributed by atoms with E-state index in [1.54, 1.807) is 0 Å². The summed E-state index contributed by atoms with van der Waals surface area (Å²) in [6.45, 7) is 1.72. The number of rotatable bonds is 0. The summed E-state index contributed by atoms with van der Waals surface area (Å²) in [4.78, 5) is 8.36. The molecule has 0 aromatic heterocycles. The maximum atomic E-state index is 8.87. The van der Waals surface area contributed by atoms with E-state index < -0.39 is 0 Å². The molecular formula is C6H13NO3. The Morgan fingerprint density at radius 1 is 1.50 bits per heavy atom. The Bertz CT molecular complexity index is 81.1. The average Bonchev–Trinajstić information content (AvgIpc) is 1.91. The molecule has 0 aliphatic carbocycles. The fourth-order valence-electron chi connectivity index (χ4n) is 0.807. The van der Waals surface area contributed by atoms with Gasteiger partial charge in [-0.15, -0.1) is 0 Å². The van der Waals surface area contributed by atoms with Crippen LogP contribution in [0.3, 0.4) is 0 Å². The van der Waals surface area contributed by atoms with Crippen LogP contribution in [-0.2, 0) is 4.79 Å². The van der Waals surface area contributed by atoms with Gasteiger partial charge in [0.2, 0.25) is 0 Å². The van der Waals surface area contributed by atoms with E-state index in [1.807, 2.05) is 0 Å². The third kappa shape index (κ3) is 5.53. The molecule has 0 aromatic rings. The van der Waals surface area contributed by atoms with E-state index in [4.69, 9.17) is 15.0 Å². The van der Waals surface area contributed by atoms with Crippen molar-refractivity contribution in [3.63, 3.8) is 0 Å². The third-order valence-corrected chi connectivity index (χ3v) is 1.31. The average molecular weight is 151 g/mol. The van der Waals surface area contributed by atoms with Crippen LogP contribution in [0.25, 0.3) is 0 Å². The summed E-state index contributed by atoms with van der Waals surface area (Å²) in [5.41, 5.74) is 0. The molecule has 1 rings (SSSR count). The van der Waals surface area contributed by atoms with E-state index in [0.717, 1.165) is 25.9 Å². The van der Waals surface area contributed by atoms with Gasteiger partial charge in [0, 0.05) is 0 Å². The molecular weight excluding hydrogens is 138 g/mol. The molecule has 10 heavy (non-hydrogen) atoms. The van der Waals surface area contributed by atoms with E-state index in [0.29, 0.717) is 0 Å². The van der Waals surface area contributed by atoms with Gasteiger partial charge < -0.3 is 15.5 Å². The van der Waals surface area contributed by atoms with Gasteiger partial charge in [-0.3, -0.25) is 4.79 Å². The fraction of sp³-hybridized carbons (Fsp3) is 0.833. The van der Waals surface area contributed by atoms with Crippen LogP contribution in [0.5, 0.6) is 0 Å². The molecule has 0 spiro atoms. The second kappa shape index (κ2) is 6.51. The monoisotopic (exact) mass is 151 g/mol. The summed E-state index contributed by atoms with van der Waals surface area (Å²) >= 11 is 0. The summed E-state index contributed by atoms with van der Waals surface area (Å²) in [5, 5.41) is 18.9. The van der Waals surface area contributed by atoms with E-state index in [1.165, 1.54) is 0 Å². The maximum Gasteiger partial charge on any atom is 0.290 e. The normalized spacial score (nSPS) is 18.9. The molecule has 0 saturated carbocycles. The van der Waals surface area contributed by atoms with Gasteiger partial charge in [0.25, 0.3) is 6.47 Å². The van der Waals surface area contributed by atoms with Crippen molar-refractivity contribution in [1.82, 2.24) is 5.32 Å². The van der Waals surface area contributed by atoms with Crippen LogP contribution in [-0.4, -0.2) is 35.9 Å². The van der Waals surface area contributed by atoms with Gasteiger partial charge in [0.1, 0.15) is 0 Å². The molecule has 1 aliphatic heterocycles. The minimum Gasteiger partial charge on any atom is -0.483 e.